The van der Waals surface area contributed by atoms with Gasteiger partial charge in [0, 0.05) is 0 Å². The van der Waals surface area contributed by atoms with Gasteiger partial charge in [0.05, 0.1) is 13.0 Å². The average Bonchev–Trinajstić information content (AvgIpc) is 2.27. The summed E-state index contributed by atoms with van der Waals surface area (Å²) in [6.45, 7) is 6.48. The third-order valence-corrected chi connectivity index (χ3v) is 2.33. The number of benzene rings is 1. The van der Waals surface area contributed by atoms with Gasteiger partial charge in [0.25, 0.3) is 0 Å². The first-order chi connectivity index (χ1) is 8.90. The largest absolute Gasteiger partial charge is 0.493 e. The Morgan fingerprint density at radius 1 is 1.32 bits per heavy atom. The minimum absolute atomic E-state index is 0.245. The van der Waals surface area contributed by atoms with Crippen molar-refractivity contribution in [1.82, 2.24) is 0 Å². The van der Waals surface area contributed by atoms with E-state index < -0.39 is 5.60 Å². The van der Waals surface area contributed by atoms with E-state index in [4.69, 9.17) is 15.2 Å². The lowest BCUT2D eigenvalue weighted by Crippen LogP contribution is -2.24. The second-order valence-corrected chi connectivity index (χ2v) is 5.37. The zero-order chi connectivity index (χ0) is 14.3. The number of carbonyl (C=O) groups is 1. The lowest BCUT2D eigenvalue weighted by Gasteiger charge is -2.19. The van der Waals surface area contributed by atoms with E-state index >= 15 is 0 Å². The normalized spacial score (nSPS) is 11.2. The van der Waals surface area contributed by atoms with Crippen LogP contribution in [0.15, 0.2) is 24.3 Å². The van der Waals surface area contributed by atoms with E-state index in [1.165, 1.54) is 0 Å². The number of hydrogen-bond acceptors (Lipinski definition) is 4. The Morgan fingerprint density at radius 2 is 2.05 bits per heavy atom. The predicted octanol–water partition coefficient (Wildman–Crippen LogP) is 2.30. The van der Waals surface area contributed by atoms with E-state index in [1.54, 1.807) is 0 Å². The zero-order valence-electron chi connectivity index (χ0n) is 11.9. The molecule has 1 rings (SSSR count). The molecule has 0 saturated heterocycles. The second kappa shape index (κ2) is 7.14. The third kappa shape index (κ3) is 6.82. The molecule has 4 nitrogen and oxygen atoms in total. The monoisotopic (exact) mass is 265 g/mol. The summed E-state index contributed by atoms with van der Waals surface area (Å²) in [5.41, 5.74) is 6.20. The van der Waals surface area contributed by atoms with Crippen LogP contribution in [0.2, 0.25) is 0 Å². The molecule has 0 radical (unpaired) electrons. The smallest absolute Gasteiger partial charge is 0.309 e. The van der Waals surface area contributed by atoms with Gasteiger partial charge in [-0.1, -0.05) is 12.1 Å². The van der Waals surface area contributed by atoms with Crippen molar-refractivity contribution < 1.29 is 14.3 Å². The first-order valence-corrected chi connectivity index (χ1v) is 6.54. The summed E-state index contributed by atoms with van der Waals surface area (Å²) < 4.78 is 10.7. The fourth-order valence-corrected chi connectivity index (χ4v) is 1.60. The Balaban J connectivity index is 2.36. The fourth-order valence-electron chi connectivity index (χ4n) is 1.60. The molecule has 0 aliphatic heterocycles. The van der Waals surface area contributed by atoms with Crippen LogP contribution in [0.3, 0.4) is 0 Å². The summed E-state index contributed by atoms with van der Waals surface area (Å²) >= 11 is 0. The van der Waals surface area contributed by atoms with Crippen molar-refractivity contribution in [3.05, 3.63) is 29.8 Å². The standard InChI is InChI=1S/C15H23NO3/c1-15(2,3)19-14(17)8-10-18-13-6-4-5-12(11-13)7-9-16/h4-6,11H,7-10,16H2,1-3H3. The van der Waals surface area contributed by atoms with Gasteiger partial charge in [0.15, 0.2) is 0 Å². The molecular weight excluding hydrogens is 242 g/mol. The fraction of sp³-hybridized carbons (Fsp3) is 0.533. The minimum Gasteiger partial charge on any atom is -0.493 e. The average molecular weight is 265 g/mol. The summed E-state index contributed by atoms with van der Waals surface area (Å²) in [6, 6.07) is 7.75. The molecule has 19 heavy (non-hydrogen) atoms. The van der Waals surface area contributed by atoms with Crippen molar-refractivity contribution in [3.8, 4) is 5.75 Å². The van der Waals surface area contributed by atoms with Gasteiger partial charge < -0.3 is 15.2 Å². The molecular formula is C15H23NO3. The number of carbonyl (C=O) groups excluding carboxylic acids is 1. The molecule has 4 heteroatoms. The Kier molecular flexibility index (Phi) is 5.83. The molecule has 0 bridgehead atoms. The predicted molar refractivity (Wildman–Crippen MR) is 75.2 cm³/mol. The van der Waals surface area contributed by atoms with Crippen molar-refractivity contribution in [1.29, 1.82) is 0 Å². The van der Waals surface area contributed by atoms with E-state index in [0.717, 1.165) is 17.7 Å². The molecule has 0 spiro atoms. The minimum atomic E-state index is -0.446. The van der Waals surface area contributed by atoms with E-state index in [0.29, 0.717) is 13.2 Å². The van der Waals surface area contributed by atoms with E-state index in [-0.39, 0.29) is 12.4 Å². The van der Waals surface area contributed by atoms with Gasteiger partial charge in [-0.2, -0.15) is 0 Å². The van der Waals surface area contributed by atoms with Crippen LogP contribution < -0.4 is 10.5 Å². The van der Waals surface area contributed by atoms with Crippen molar-refractivity contribution in [2.75, 3.05) is 13.2 Å². The van der Waals surface area contributed by atoms with Crippen molar-refractivity contribution in [3.63, 3.8) is 0 Å². The molecule has 106 valence electrons. The highest BCUT2D eigenvalue weighted by molar-refractivity contribution is 5.69. The Hall–Kier alpha value is -1.55. The number of rotatable bonds is 6. The Bertz CT molecular complexity index is 410. The van der Waals surface area contributed by atoms with Crippen molar-refractivity contribution in [2.24, 2.45) is 5.73 Å². The molecule has 0 unspecified atom stereocenters. The van der Waals surface area contributed by atoms with Crippen LogP contribution in [0.1, 0.15) is 32.8 Å². The van der Waals surface area contributed by atoms with Crippen LogP contribution in [0.25, 0.3) is 0 Å². The molecule has 0 aromatic heterocycles. The van der Waals surface area contributed by atoms with Gasteiger partial charge in [-0.15, -0.1) is 0 Å². The lowest BCUT2D eigenvalue weighted by atomic mass is 10.1. The quantitative estimate of drug-likeness (QED) is 0.802. The van der Waals surface area contributed by atoms with E-state index in [2.05, 4.69) is 0 Å². The van der Waals surface area contributed by atoms with Crippen molar-refractivity contribution >= 4 is 5.97 Å². The molecule has 1 aromatic rings. The van der Waals surface area contributed by atoms with Gasteiger partial charge in [-0.3, -0.25) is 4.79 Å². The van der Waals surface area contributed by atoms with Crippen LogP contribution in [0.5, 0.6) is 5.75 Å². The third-order valence-electron chi connectivity index (χ3n) is 2.33. The highest BCUT2D eigenvalue weighted by Gasteiger charge is 2.15. The van der Waals surface area contributed by atoms with Gasteiger partial charge >= 0.3 is 5.97 Å². The van der Waals surface area contributed by atoms with E-state index in [9.17, 15) is 4.79 Å². The number of hydrogen-bond donors (Lipinski definition) is 1. The summed E-state index contributed by atoms with van der Waals surface area (Å²) in [7, 11) is 0. The molecule has 0 amide bonds. The maximum atomic E-state index is 11.5. The van der Waals surface area contributed by atoms with Crippen LogP contribution >= 0.6 is 0 Å². The summed E-state index contributed by atoms with van der Waals surface area (Å²) in [4.78, 5) is 11.5. The zero-order valence-corrected chi connectivity index (χ0v) is 11.9. The summed E-state index contributed by atoms with van der Waals surface area (Å²) in [5.74, 6) is 0.514. The lowest BCUT2D eigenvalue weighted by molar-refractivity contribution is -0.155. The van der Waals surface area contributed by atoms with E-state index in [1.807, 2.05) is 45.0 Å². The summed E-state index contributed by atoms with van der Waals surface area (Å²) in [6.07, 6.45) is 1.07. The first-order valence-electron chi connectivity index (χ1n) is 6.54. The first kappa shape index (κ1) is 15.5. The molecule has 1 aromatic carbocycles. The molecule has 0 fully saturated rings. The van der Waals surface area contributed by atoms with Crippen LogP contribution in [0.4, 0.5) is 0 Å². The van der Waals surface area contributed by atoms with Gasteiger partial charge in [-0.25, -0.2) is 0 Å². The number of nitrogens with two attached hydrogens (primary N) is 1. The highest BCUT2D eigenvalue weighted by atomic mass is 16.6. The Labute approximate surface area is 114 Å². The number of esters is 1. The second-order valence-electron chi connectivity index (χ2n) is 5.37. The molecule has 0 aliphatic rings. The molecule has 0 saturated carbocycles. The SMILES string of the molecule is CC(C)(C)OC(=O)CCOc1cccc(CCN)c1. The molecule has 0 aliphatic carbocycles. The van der Waals surface area contributed by atoms with Crippen LogP contribution in [0, 0.1) is 0 Å². The molecule has 0 heterocycles. The van der Waals surface area contributed by atoms with Crippen LogP contribution in [-0.4, -0.2) is 24.7 Å². The van der Waals surface area contributed by atoms with Crippen molar-refractivity contribution in [2.45, 2.75) is 39.2 Å². The maximum absolute atomic E-state index is 11.5. The molecule has 0 atom stereocenters. The molecule has 2 N–H and O–H groups in total. The highest BCUT2D eigenvalue weighted by Crippen LogP contribution is 2.14. The van der Waals surface area contributed by atoms with Gasteiger partial charge in [0.1, 0.15) is 11.4 Å². The van der Waals surface area contributed by atoms with Crippen LogP contribution in [-0.2, 0) is 16.0 Å². The summed E-state index contributed by atoms with van der Waals surface area (Å²) in [5, 5.41) is 0. The van der Waals surface area contributed by atoms with Gasteiger partial charge in [0.2, 0.25) is 0 Å². The Morgan fingerprint density at radius 3 is 2.68 bits per heavy atom. The topological polar surface area (TPSA) is 61.5 Å². The number of ether oxygens (including phenoxy) is 2. The maximum Gasteiger partial charge on any atom is 0.309 e. The van der Waals surface area contributed by atoms with Gasteiger partial charge in [-0.05, 0) is 51.4 Å².